The van der Waals surface area contributed by atoms with Gasteiger partial charge in [0.25, 0.3) is 0 Å². The molecule has 1 aromatic carbocycles. The monoisotopic (exact) mass is 397 g/mol. The minimum absolute atomic E-state index is 0.164. The number of hydrogen-bond donors (Lipinski definition) is 1. The molecule has 130 valence electrons. The van der Waals surface area contributed by atoms with E-state index < -0.39 is 20.0 Å². The normalized spacial score (nSPS) is 15.9. The summed E-state index contributed by atoms with van der Waals surface area (Å²) in [7, 11) is 2.89. The van der Waals surface area contributed by atoms with Crippen LogP contribution in [0.15, 0.2) is 12.1 Å². The number of nitrogens with one attached hydrogen (secondary N) is 1. The van der Waals surface area contributed by atoms with Gasteiger partial charge in [0.2, 0.25) is 0 Å². The van der Waals surface area contributed by atoms with Gasteiger partial charge < -0.3 is 0 Å². The van der Waals surface area contributed by atoms with Gasteiger partial charge in [-0.1, -0.05) is 0 Å². The van der Waals surface area contributed by atoms with Crippen molar-refractivity contribution in [3.8, 4) is 11.5 Å². The number of alkyl halides is 3. The summed E-state index contributed by atoms with van der Waals surface area (Å²) in [6.07, 6.45) is 5.64. The average molecular weight is 396 g/mol. The van der Waals surface area contributed by atoms with Crippen LogP contribution in [0.4, 0.5) is 13.2 Å². The molecule has 1 saturated carbocycles. The predicted octanol–water partition coefficient (Wildman–Crippen LogP) is 2.63. The van der Waals surface area contributed by atoms with Crippen molar-refractivity contribution in [3.63, 3.8) is 0 Å². The van der Waals surface area contributed by atoms with Crippen LogP contribution >= 0.6 is 0 Å². The van der Waals surface area contributed by atoms with Gasteiger partial charge in [-0.05, 0) is 0 Å². The molecule has 0 spiro atoms. The Labute approximate surface area is 141 Å². The van der Waals surface area contributed by atoms with Crippen LogP contribution in [0.1, 0.15) is 31.2 Å². The molecule has 0 bridgehead atoms. The summed E-state index contributed by atoms with van der Waals surface area (Å²) in [6, 6.07) is 3.71. The molecule has 0 aromatic heterocycles. The molecular formula is C16H22F3NO2Se. The van der Waals surface area contributed by atoms with Crippen molar-refractivity contribution in [1.82, 2.24) is 5.32 Å². The minimum atomic E-state index is -4.21. The Hall–Kier alpha value is -0.911. The molecule has 0 radical (unpaired) electrons. The Morgan fingerprint density at radius 3 is 2.35 bits per heavy atom. The number of rotatable bonds is 7. The van der Waals surface area contributed by atoms with Gasteiger partial charge in [-0.15, -0.1) is 0 Å². The Kier molecular flexibility index (Phi) is 6.62. The van der Waals surface area contributed by atoms with Crippen LogP contribution in [-0.4, -0.2) is 46.8 Å². The van der Waals surface area contributed by atoms with Crippen molar-refractivity contribution in [1.29, 1.82) is 0 Å². The molecule has 3 nitrogen and oxygen atoms in total. The van der Waals surface area contributed by atoms with E-state index in [1.54, 1.807) is 6.07 Å². The summed E-state index contributed by atoms with van der Waals surface area (Å²) in [5, 5.41) is -0.712. The van der Waals surface area contributed by atoms with Gasteiger partial charge in [-0.3, -0.25) is 0 Å². The number of halogens is 3. The Balaban J connectivity index is 2.08. The van der Waals surface area contributed by atoms with Gasteiger partial charge in [0.05, 0.1) is 0 Å². The molecule has 0 saturated heterocycles. The van der Waals surface area contributed by atoms with Crippen LogP contribution in [-0.2, 0) is 6.42 Å². The number of ether oxygens (including phenoxy) is 2. The van der Waals surface area contributed by atoms with Gasteiger partial charge in [-0.25, -0.2) is 0 Å². The standard InChI is InChI=1S/C16H22F3NO2Se/c1-21-13-10-15(23-16(17,18)19)14(22-2)9-11(13)7-8-20-12-5-3-4-6-12/h9-10,12,20H,3-8H2,1-2H3. The van der Waals surface area contributed by atoms with Gasteiger partial charge in [0, 0.05) is 0 Å². The Morgan fingerprint density at radius 1 is 1.13 bits per heavy atom. The molecule has 7 heteroatoms. The fraction of sp³-hybridized carbons (Fsp3) is 0.625. The summed E-state index contributed by atoms with van der Waals surface area (Å²) in [6.45, 7) is 0.786. The van der Waals surface area contributed by atoms with E-state index in [1.807, 2.05) is 0 Å². The van der Waals surface area contributed by atoms with E-state index >= 15 is 0 Å². The summed E-state index contributed by atoms with van der Waals surface area (Å²) in [4.78, 5) is 0. The summed E-state index contributed by atoms with van der Waals surface area (Å²) in [5.41, 5.74) is 0.872. The Bertz CT molecular complexity index is 517. The molecule has 1 fully saturated rings. The molecule has 0 unspecified atom stereocenters. The third-order valence-corrected chi connectivity index (χ3v) is 5.59. The fourth-order valence-electron chi connectivity index (χ4n) is 2.87. The second-order valence-electron chi connectivity index (χ2n) is 5.55. The van der Waals surface area contributed by atoms with Crippen LogP contribution in [0.25, 0.3) is 0 Å². The quantitative estimate of drug-likeness (QED) is 0.719. The van der Waals surface area contributed by atoms with Crippen LogP contribution in [0.2, 0.25) is 0 Å². The number of methoxy groups -OCH3 is 2. The average Bonchev–Trinajstić information content (AvgIpc) is 2.99. The number of hydrogen-bond acceptors (Lipinski definition) is 3. The molecule has 1 aliphatic carbocycles. The van der Waals surface area contributed by atoms with Crippen LogP contribution in [0.5, 0.6) is 11.5 Å². The van der Waals surface area contributed by atoms with Gasteiger partial charge >= 0.3 is 141 Å². The molecule has 1 aliphatic rings. The SMILES string of the molecule is COc1cc([Se]C(F)(F)F)c(OC)cc1CCNC1CCCC1. The predicted molar refractivity (Wildman–Crippen MR) is 85.0 cm³/mol. The first kappa shape index (κ1) is 18.4. The zero-order chi connectivity index (χ0) is 16.9. The van der Waals surface area contributed by atoms with E-state index in [1.165, 1.54) is 46.0 Å². The van der Waals surface area contributed by atoms with Crippen LogP contribution < -0.4 is 19.3 Å². The molecule has 0 aliphatic heterocycles. The maximum atomic E-state index is 12.7. The molecule has 0 heterocycles. The van der Waals surface area contributed by atoms with E-state index in [0.717, 1.165) is 12.1 Å². The van der Waals surface area contributed by atoms with Crippen molar-refractivity contribution >= 4 is 19.4 Å². The van der Waals surface area contributed by atoms with E-state index in [2.05, 4.69) is 5.32 Å². The van der Waals surface area contributed by atoms with E-state index in [4.69, 9.17) is 9.47 Å². The topological polar surface area (TPSA) is 30.5 Å². The molecule has 2 rings (SSSR count). The zero-order valence-electron chi connectivity index (χ0n) is 13.3. The molecule has 0 amide bonds. The first-order valence-corrected chi connectivity index (χ1v) is 9.38. The second kappa shape index (κ2) is 8.27. The molecule has 1 aromatic rings. The third kappa shape index (κ3) is 5.59. The summed E-state index contributed by atoms with van der Waals surface area (Å²) < 4.78 is 48.7. The first-order valence-electron chi connectivity index (χ1n) is 7.67. The van der Waals surface area contributed by atoms with Crippen molar-refractivity contribution in [2.24, 2.45) is 0 Å². The molecule has 1 N–H and O–H groups in total. The van der Waals surface area contributed by atoms with E-state index in [9.17, 15) is 13.2 Å². The molecular weight excluding hydrogens is 374 g/mol. The van der Waals surface area contributed by atoms with Crippen molar-refractivity contribution < 1.29 is 22.6 Å². The van der Waals surface area contributed by atoms with Crippen LogP contribution in [0, 0.1) is 0 Å². The van der Waals surface area contributed by atoms with Gasteiger partial charge in [-0.2, -0.15) is 0 Å². The first-order chi connectivity index (χ1) is 10.9. The number of benzene rings is 1. The fourth-order valence-corrected chi connectivity index (χ4v) is 4.25. The van der Waals surface area contributed by atoms with E-state index in [0.29, 0.717) is 24.0 Å². The summed E-state index contributed by atoms with van der Waals surface area (Å²) in [5.74, 6) is 0.791. The maximum absolute atomic E-state index is 12.7. The zero-order valence-corrected chi connectivity index (χ0v) is 15.0. The van der Waals surface area contributed by atoms with E-state index in [-0.39, 0.29) is 4.46 Å². The van der Waals surface area contributed by atoms with Crippen molar-refractivity contribution in [2.45, 2.75) is 43.2 Å². The second-order valence-corrected chi connectivity index (χ2v) is 7.87. The van der Waals surface area contributed by atoms with Gasteiger partial charge in [0.15, 0.2) is 0 Å². The molecule has 0 atom stereocenters. The van der Waals surface area contributed by atoms with Gasteiger partial charge in [0.1, 0.15) is 0 Å². The summed E-state index contributed by atoms with van der Waals surface area (Å²) >= 11 is -1.65. The third-order valence-electron chi connectivity index (χ3n) is 3.97. The van der Waals surface area contributed by atoms with Crippen LogP contribution in [0.3, 0.4) is 0 Å². The van der Waals surface area contributed by atoms with Crippen molar-refractivity contribution in [3.05, 3.63) is 17.7 Å². The molecule has 23 heavy (non-hydrogen) atoms. The van der Waals surface area contributed by atoms with Crippen molar-refractivity contribution in [2.75, 3.05) is 20.8 Å². The Morgan fingerprint density at radius 2 is 1.78 bits per heavy atom.